The molecule has 0 spiro atoms. The second-order valence-electron chi connectivity index (χ2n) is 5.86. The monoisotopic (exact) mass is 399 g/mol. The van der Waals surface area contributed by atoms with E-state index in [0.29, 0.717) is 12.1 Å². The highest BCUT2D eigenvalue weighted by molar-refractivity contribution is 9.10. The Bertz CT molecular complexity index is 589. The molecule has 1 rings (SSSR count). The van der Waals surface area contributed by atoms with Crippen LogP contribution in [-0.2, 0) is 9.59 Å². The van der Waals surface area contributed by atoms with E-state index >= 15 is 0 Å². The normalized spacial score (nSPS) is 13.0. The van der Waals surface area contributed by atoms with Crippen molar-refractivity contribution >= 4 is 39.5 Å². The number of urea groups is 1. The lowest BCUT2D eigenvalue weighted by molar-refractivity contribution is -0.141. The summed E-state index contributed by atoms with van der Waals surface area (Å²) in [6.45, 7) is 5.19. The second kappa shape index (κ2) is 9.27. The molecule has 8 heteroatoms. The van der Waals surface area contributed by atoms with Crippen molar-refractivity contribution < 1.29 is 19.5 Å². The number of carbonyl (C=O) groups is 3. The summed E-state index contributed by atoms with van der Waals surface area (Å²) in [7, 11) is 0. The van der Waals surface area contributed by atoms with Gasteiger partial charge in [-0.3, -0.25) is 9.59 Å². The van der Waals surface area contributed by atoms with Crippen LogP contribution in [0.2, 0.25) is 0 Å². The molecule has 0 radical (unpaired) electrons. The molecule has 0 aliphatic heterocycles. The average molecular weight is 400 g/mol. The van der Waals surface area contributed by atoms with Crippen LogP contribution in [-0.4, -0.2) is 35.1 Å². The molecule has 1 aromatic rings. The summed E-state index contributed by atoms with van der Waals surface area (Å²) < 4.78 is 0.883. The van der Waals surface area contributed by atoms with Crippen molar-refractivity contribution in [2.45, 2.75) is 39.3 Å². The van der Waals surface area contributed by atoms with Crippen LogP contribution in [0.1, 0.15) is 27.2 Å². The molecule has 0 aliphatic rings. The van der Waals surface area contributed by atoms with Crippen LogP contribution in [0.25, 0.3) is 0 Å². The summed E-state index contributed by atoms with van der Waals surface area (Å²) in [6, 6.07) is 4.62. The molecule has 0 aliphatic carbocycles. The van der Waals surface area contributed by atoms with Crippen molar-refractivity contribution in [1.82, 2.24) is 10.6 Å². The molecule has 0 heterocycles. The Kier molecular flexibility index (Phi) is 7.70. The summed E-state index contributed by atoms with van der Waals surface area (Å²) in [6.07, 6.45) is 0.395. The van der Waals surface area contributed by atoms with Crippen LogP contribution in [0.3, 0.4) is 0 Å². The summed E-state index contributed by atoms with van der Waals surface area (Å²) in [5, 5.41) is 16.5. The minimum atomic E-state index is -1.13. The topological polar surface area (TPSA) is 108 Å². The minimum absolute atomic E-state index is 0.147. The maximum absolute atomic E-state index is 12.2. The van der Waals surface area contributed by atoms with E-state index in [1.54, 1.807) is 24.3 Å². The Hall–Kier alpha value is -2.09. The van der Waals surface area contributed by atoms with Gasteiger partial charge in [0.15, 0.2) is 0 Å². The Labute approximate surface area is 149 Å². The van der Waals surface area contributed by atoms with Crippen molar-refractivity contribution in [1.29, 1.82) is 0 Å². The van der Waals surface area contributed by atoms with Crippen LogP contribution in [0, 0.1) is 5.92 Å². The molecule has 0 saturated carbocycles. The Morgan fingerprint density at radius 1 is 1.08 bits per heavy atom. The fourth-order valence-electron chi connectivity index (χ4n) is 1.94. The first-order valence-electron chi connectivity index (χ1n) is 7.55. The van der Waals surface area contributed by atoms with E-state index in [-0.39, 0.29) is 5.92 Å². The first-order chi connectivity index (χ1) is 11.2. The number of amides is 3. The van der Waals surface area contributed by atoms with E-state index in [9.17, 15) is 14.4 Å². The summed E-state index contributed by atoms with van der Waals surface area (Å²) in [5.41, 5.74) is 0.582. The number of carbonyl (C=O) groups excluding carboxylic acids is 2. The van der Waals surface area contributed by atoms with E-state index in [1.165, 1.54) is 6.92 Å². The molecule has 2 atom stereocenters. The Morgan fingerprint density at radius 3 is 2.17 bits per heavy atom. The first kappa shape index (κ1) is 20.0. The molecule has 24 heavy (non-hydrogen) atoms. The van der Waals surface area contributed by atoms with Crippen LogP contribution < -0.4 is 16.0 Å². The number of hydrogen-bond acceptors (Lipinski definition) is 3. The van der Waals surface area contributed by atoms with Crippen molar-refractivity contribution in [3.63, 3.8) is 0 Å². The van der Waals surface area contributed by atoms with Gasteiger partial charge in [-0.25, -0.2) is 4.79 Å². The molecule has 0 fully saturated rings. The number of carboxylic acids is 1. The molecule has 1 aromatic carbocycles. The van der Waals surface area contributed by atoms with E-state index in [4.69, 9.17) is 5.11 Å². The molecule has 0 unspecified atom stereocenters. The number of nitrogens with one attached hydrogen (secondary N) is 3. The zero-order valence-electron chi connectivity index (χ0n) is 13.8. The van der Waals surface area contributed by atoms with Gasteiger partial charge in [0, 0.05) is 10.2 Å². The molecular formula is C16H22BrN3O4. The number of anilines is 1. The quantitative estimate of drug-likeness (QED) is 0.564. The van der Waals surface area contributed by atoms with Gasteiger partial charge in [-0.05, 0) is 43.5 Å². The third-order valence-corrected chi connectivity index (χ3v) is 3.69. The van der Waals surface area contributed by atoms with Crippen molar-refractivity contribution in [3.8, 4) is 0 Å². The van der Waals surface area contributed by atoms with Gasteiger partial charge in [0.05, 0.1) is 0 Å². The maximum atomic E-state index is 12.2. The molecule has 4 N–H and O–H groups in total. The Balaban J connectivity index is 2.70. The Morgan fingerprint density at radius 2 is 1.67 bits per heavy atom. The third kappa shape index (κ3) is 6.99. The number of halogens is 1. The van der Waals surface area contributed by atoms with Gasteiger partial charge < -0.3 is 21.1 Å². The largest absolute Gasteiger partial charge is 0.480 e. The van der Waals surface area contributed by atoms with Crippen LogP contribution in [0.15, 0.2) is 28.7 Å². The first-order valence-corrected chi connectivity index (χ1v) is 8.34. The predicted molar refractivity (Wildman–Crippen MR) is 94.8 cm³/mol. The van der Waals surface area contributed by atoms with Gasteiger partial charge in [0.1, 0.15) is 12.1 Å². The summed E-state index contributed by atoms with van der Waals surface area (Å²) in [4.78, 5) is 35.1. The highest BCUT2D eigenvalue weighted by Crippen LogP contribution is 2.14. The van der Waals surface area contributed by atoms with Crippen LogP contribution in [0.5, 0.6) is 0 Å². The lowest BCUT2D eigenvalue weighted by Gasteiger charge is -2.21. The van der Waals surface area contributed by atoms with Gasteiger partial charge in [0.2, 0.25) is 5.91 Å². The van der Waals surface area contributed by atoms with E-state index in [0.717, 1.165) is 4.47 Å². The molecule has 0 aromatic heterocycles. The van der Waals surface area contributed by atoms with E-state index < -0.39 is 30.0 Å². The number of benzene rings is 1. The average Bonchev–Trinajstić information content (AvgIpc) is 2.48. The zero-order valence-corrected chi connectivity index (χ0v) is 15.4. The van der Waals surface area contributed by atoms with E-state index in [1.807, 2.05) is 13.8 Å². The van der Waals surface area contributed by atoms with E-state index in [2.05, 4.69) is 31.9 Å². The third-order valence-electron chi connectivity index (χ3n) is 3.16. The predicted octanol–water partition coefficient (Wildman–Crippen LogP) is 2.57. The molecule has 7 nitrogen and oxygen atoms in total. The standard InChI is InChI=1S/C16H22BrN3O4/c1-9(2)8-13(14(21)18-10(3)15(22)23)20-16(24)19-12-6-4-11(17)5-7-12/h4-7,9-10,13H,8H2,1-3H3,(H,18,21)(H,22,23)(H2,19,20,24)/t10-,13-/m0/s1. The van der Waals surface area contributed by atoms with Gasteiger partial charge in [0.25, 0.3) is 0 Å². The zero-order chi connectivity index (χ0) is 18.3. The van der Waals surface area contributed by atoms with Crippen molar-refractivity contribution in [3.05, 3.63) is 28.7 Å². The summed E-state index contributed by atoms with van der Waals surface area (Å²) >= 11 is 3.30. The van der Waals surface area contributed by atoms with Gasteiger partial charge in [-0.15, -0.1) is 0 Å². The fraction of sp³-hybridized carbons (Fsp3) is 0.438. The number of aliphatic carboxylic acids is 1. The highest BCUT2D eigenvalue weighted by atomic mass is 79.9. The lowest BCUT2D eigenvalue weighted by Crippen LogP contribution is -2.52. The highest BCUT2D eigenvalue weighted by Gasteiger charge is 2.25. The van der Waals surface area contributed by atoms with Gasteiger partial charge >= 0.3 is 12.0 Å². The van der Waals surface area contributed by atoms with Crippen molar-refractivity contribution in [2.24, 2.45) is 5.92 Å². The SMILES string of the molecule is CC(C)C[C@H](NC(=O)Nc1ccc(Br)cc1)C(=O)N[C@@H](C)C(=O)O. The van der Waals surface area contributed by atoms with Gasteiger partial charge in [-0.2, -0.15) is 0 Å². The van der Waals surface area contributed by atoms with Crippen molar-refractivity contribution in [2.75, 3.05) is 5.32 Å². The second-order valence-corrected chi connectivity index (χ2v) is 6.77. The molecule has 0 bridgehead atoms. The molecular weight excluding hydrogens is 378 g/mol. The maximum Gasteiger partial charge on any atom is 0.325 e. The van der Waals surface area contributed by atoms with Crippen LogP contribution >= 0.6 is 15.9 Å². The molecule has 0 saturated heterocycles. The molecule has 3 amide bonds. The number of rotatable bonds is 7. The minimum Gasteiger partial charge on any atom is -0.480 e. The van der Waals surface area contributed by atoms with Gasteiger partial charge in [-0.1, -0.05) is 29.8 Å². The van der Waals surface area contributed by atoms with Crippen LogP contribution in [0.4, 0.5) is 10.5 Å². The summed E-state index contributed by atoms with van der Waals surface area (Å²) in [5.74, 6) is -1.51. The molecule has 132 valence electrons. The fourth-order valence-corrected chi connectivity index (χ4v) is 2.20. The smallest absolute Gasteiger partial charge is 0.325 e. The lowest BCUT2D eigenvalue weighted by atomic mass is 10.0. The number of carboxylic acid groups (broad SMARTS) is 1. The number of hydrogen-bond donors (Lipinski definition) is 4.